The van der Waals surface area contributed by atoms with Crippen LogP contribution in [-0.4, -0.2) is 22.9 Å². The number of para-hydroxylation sites is 1. The molecule has 1 aromatic heterocycles. The van der Waals surface area contributed by atoms with Gasteiger partial charge in [0.2, 0.25) is 0 Å². The van der Waals surface area contributed by atoms with E-state index in [1.54, 1.807) is 0 Å². The Balaban J connectivity index is 1.78. The molecule has 4 heteroatoms. The quantitative estimate of drug-likeness (QED) is 0.937. The second kappa shape index (κ2) is 5.34. The van der Waals surface area contributed by atoms with Gasteiger partial charge in [-0.15, -0.1) is 0 Å². The van der Waals surface area contributed by atoms with E-state index in [0.29, 0.717) is 6.61 Å². The number of nitrogens with zero attached hydrogens (tertiary/aromatic N) is 2. The normalized spacial score (nSPS) is 19.0. The zero-order chi connectivity index (χ0) is 15.0. The van der Waals surface area contributed by atoms with Crippen molar-refractivity contribution in [2.45, 2.75) is 44.6 Å². The smallest absolute Gasteiger partial charge is 0.124 e. The summed E-state index contributed by atoms with van der Waals surface area (Å²) in [6.45, 7) is 4.82. The lowest BCUT2D eigenvalue weighted by Crippen LogP contribution is -2.36. The van der Waals surface area contributed by atoms with Crippen LogP contribution >= 0.6 is 0 Å². The summed E-state index contributed by atoms with van der Waals surface area (Å²) in [6.07, 6.45) is 4.73. The van der Waals surface area contributed by atoms with Gasteiger partial charge in [0.25, 0.3) is 0 Å². The highest BCUT2D eigenvalue weighted by Gasteiger charge is 2.44. The number of aromatic nitrogens is 2. The van der Waals surface area contributed by atoms with E-state index in [1.165, 1.54) is 23.5 Å². The molecule has 0 unspecified atom stereocenters. The van der Waals surface area contributed by atoms with Gasteiger partial charge in [-0.3, -0.25) is 0 Å². The molecule has 0 amide bonds. The highest BCUT2D eigenvalue weighted by molar-refractivity contribution is 5.50. The largest absolute Gasteiger partial charge is 0.494 e. The molecule has 0 saturated heterocycles. The number of ether oxygens (including phenoxy) is 1. The van der Waals surface area contributed by atoms with Crippen molar-refractivity contribution >= 4 is 5.82 Å². The zero-order valence-electron chi connectivity index (χ0n) is 13.1. The number of nitrogens with one attached hydrogen (secondary N) is 1. The highest BCUT2D eigenvalue weighted by atomic mass is 16.5. The maximum Gasteiger partial charge on any atom is 0.124 e. The first kappa shape index (κ1) is 13.7. The summed E-state index contributed by atoms with van der Waals surface area (Å²) in [7, 11) is 0. The standard InChI is InChI=1S/C18H23N3O/c1-2-22-15-8-4-3-7-14(15)18(9-5-10-18)16-13-17-19-11-6-12-21(17)20-16/h3-4,7-8,13,19H,2,5-6,9-12H2,1H3. The Bertz CT molecular complexity index is 649. The van der Waals surface area contributed by atoms with E-state index in [1.807, 2.05) is 6.92 Å². The van der Waals surface area contributed by atoms with Gasteiger partial charge in [0, 0.05) is 30.1 Å². The van der Waals surface area contributed by atoms with Crippen LogP contribution in [0.1, 0.15) is 43.9 Å². The molecule has 4 nitrogen and oxygen atoms in total. The minimum Gasteiger partial charge on any atom is -0.494 e. The summed E-state index contributed by atoms with van der Waals surface area (Å²) in [5, 5.41) is 8.38. The molecule has 0 atom stereocenters. The van der Waals surface area contributed by atoms with Gasteiger partial charge in [0.15, 0.2) is 0 Å². The molecule has 2 heterocycles. The van der Waals surface area contributed by atoms with E-state index in [0.717, 1.165) is 38.1 Å². The van der Waals surface area contributed by atoms with E-state index >= 15 is 0 Å². The van der Waals surface area contributed by atoms with Crippen molar-refractivity contribution in [3.63, 3.8) is 0 Å². The Morgan fingerprint density at radius 3 is 2.86 bits per heavy atom. The van der Waals surface area contributed by atoms with E-state index in [-0.39, 0.29) is 5.41 Å². The summed E-state index contributed by atoms with van der Waals surface area (Å²) in [6, 6.07) is 10.7. The third-order valence-corrected chi connectivity index (χ3v) is 5.03. The zero-order valence-corrected chi connectivity index (χ0v) is 13.1. The van der Waals surface area contributed by atoms with Crippen molar-refractivity contribution in [3.8, 4) is 5.75 Å². The number of hydrogen-bond acceptors (Lipinski definition) is 3. The first-order chi connectivity index (χ1) is 10.8. The van der Waals surface area contributed by atoms with Crippen molar-refractivity contribution in [1.29, 1.82) is 0 Å². The molecule has 0 radical (unpaired) electrons. The fourth-order valence-corrected chi connectivity index (χ4v) is 3.75. The Labute approximate surface area is 131 Å². The SMILES string of the molecule is CCOc1ccccc1C1(c2cc3n(n2)CCCN3)CCC1. The predicted octanol–water partition coefficient (Wildman–Crippen LogP) is 3.57. The summed E-state index contributed by atoms with van der Waals surface area (Å²) in [5.74, 6) is 2.19. The van der Waals surface area contributed by atoms with Crippen molar-refractivity contribution in [2.75, 3.05) is 18.5 Å². The minimum absolute atomic E-state index is 0.0395. The van der Waals surface area contributed by atoms with Crippen molar-refractivity contribution < 1.29 is 4.74 Å². The lowest BCUT2D eigenvalue weighted by Gasteiger charge is -2.41. The lowest BCUT2D eigenvalue weighted by atomic mass is 9.62. The van der Waals surface area contributed by atoms with E-state index in [2.05, 4.69) is 40.3 Å². The summed E-state index contributed by atoms with van der Waals surface area (Å²) < 4.78 is 8.02. The van der Waals surface area contributed by atoms with Crippen LogP contribution in [-0.2, 0) is 12.0 Å². The molecule has 1 aromatic carbocycles. The Hall–Kier alpha value is -1.97. The number of anilines is 1. The van der Waals surface area contributed by atoms with Gasteiger partial charge >= 0.3 is 0 Å². The Morgan fingerprint density at radius 1 is 1.27 bits per heavy atom. The fraction of sp³-hybridized carbons (Fsp3) is 0.500. The molecular weight excluding hydrogens is 274 g/mol. The van der Waals surface area contributed by atoms with Gasteiger partial charge in [-0.05, 0) is 32.3 Å². The second-order valence-corrected chi connectivity index (χ2v) is 6.28. The molecule has 2 aliphatic rings. The van der Waals surface area contributed by atoms with Crippen LogP contribution in [0.15, 0.2) is 30.3 Å². The topological polar surface area (TPSA) is 39.1 Å². The van der Waals surface area contributed by atoms with Crippen LogP contribution in [0.25, 0.3) is 0 Å². The van der Waals surface area contributed by atoms with E-state index in [4.69, 9.17) is 9.84 Å². The number of hydrogen-bond donors (Lipinski definition) is 1. The molecular formula is C18H23N3O. The van der Waals surface area contributed by atoms with Crippen molar-refractivity contribution in [3.05, 3.63) is 41.6 Å². The monoisotopic (exact) mass is 297 g/mol. The van der Waals surface area contributed by atoms with Gasteiger partial charge < -0.3 is 10.1 Å². The molecule has 1 aliphatic carbocycles. The number of fused-ring (bicyclic) bond motifs is 1. The van der Waals surface area contributed by atoms with E-state index < -0.39 is 0 Å². The van der Waals surface area contributed by atoms with Crippen LogP contribution in [0.5, 0.6) is 5.75 Å². The van der Waals surface area contributed by atoms with Gasteiger partial charge in [0.05, 0.1) is 12.3 Å². The molecule has 4 rings (SSSR count). The maximum absolute atomic E-state index is 5.89. The Morgan fingerprint density at radius 2 is 2.14 bits per heavy atom. The molecule has 1 fully saturated rings. The number of rotatable bonds is 4. The Kier molecular flexibility index (Phi) is 3.32. The van der Waals surface area contributed by atoms with Crippen LogP contribution in [0.2, 0.25) is 0 Å². The number of aryl methyl sites for hydroxylation is 1. The fourth-order valence-electron chi connectivity index (χ4n) is 3.75. The average molecular weight is 297 g/mol. The molecule has 1 saturated carbocycles. The first-order valence-electron chi connectivity index (χ1n) is 8.38. The molecule has 1 aliphatic heterocycles. The molecule has 0 spiro atoms. The molecule has 2 aromatic rings. The summed E-state index contributed by atoms with van der Waals surface area (Å²) >= 11 is 0. The van der Waals surface area contributed by atoms with Gasteiger partial charge in [-0.25, -0.2) is 4.68 Å². The summed E-state index contributed by atoms with van der Waals surface area (Å²) in [4.78, 5) is 0. The highest BCUT2D eigenvalue weighted by Crippen LogP contribution is 2.51. The van der Waals surface area contributed by atoms with Crippen LogP contribution in [0, 0.1) is 0 Å². The molecule has 116 valence electrons. The van der Waals surface area contributed by atoms with Gasteiger partial charge in [0.1, 0.15) is 11.6 Å². The number of benzene rings is 1. The van der Waals surface area contributed by atoms with Gasteiger partial charge in [-0.1, -0.05) is 24.6 Å². The molecule has 1 N–H and O–H groups in total. The first-order valence-corrected chi connectivity index (χ1v) is 8.38. The van der Waals surface area contributed by atoms with Crippen LogP contribution in [0.4, 0.5) is 5.82 Å². The summed E-state index contributed by atoms with van der Waals surface area (Å²) in [5.41, 5.74) is 2.55. The lowest BCUT2D eigenvalue weighted by molar-refractivity contribution is 0.268. The van der Waals surface area contributed by atoms with Crippen molar-refractivity contribution in [2.24, 2.45) is 0 Å². The average Bonchev–Trinajstić information content (AvgIpc) is 2.92. The van der Waals surface area contributed by atoms with Crippen LogP contribution in [0.3, 0.4) is 0 Å². The molecule has 0 bridgehead atoms. The third kappa shape index (κ3) is 2.01. The third-order valence-electron chi connectivity index (χ3n) is 5.03. The second-order valence-electron chi connectivity index (χ2n) is 6.28. The maximum atomic E-state index is 5.89. The predicted molar refractivity (Wildman–Crippen MR) is 87.6 cm³/mol. The van der Waals surface area contributed by atoms with Crippen LogP contribution < -0.4 is 10.1 Å². The minimum atomic E-state index is 0.0395. The molecule has 22 heavy (non-hydrogen) atoms. The van der Waals surface area contributed by atoms with E-state index in [9.17, 15) is 0 Å². The van der Waals surface area contributed by atoms with Gasteiger partial charge in [-0.2, -0.15) is 5.10 Å². The van der Waals surface area contributed by atoms with Crippen molar-refractivity contribution in [1.82, 2.24) is 9.78 Å².